The van der Waals surface area contributed by atoms with Gasteiger partial charge in [-0.15, -0.1) is 0 Å². The Kier molecular flexibility index (Phi) is 8.50. The molecule has 0 aliphatic heterocycles. The fourth-order valence-corrected chi connectivity index (χ4v) is 9.19. The highest BCUT2D eigenvalue weighted by molar-refractivity contribution is 6.14. The van der Waals surface area contributed by atoms with Crippen molar-refractivity contribution in [3.8, 4) is 44.8 Å². The van der Waals surface area contributed by atoms with E-state index in [4.69, 9.17) is 9.40 Å². The molecule has 12 rings (SSSR count). The molecule has 0 aliphatic rings. The summed E-state index contributed by atoms with van der Waals surface area (Å²) in [6.07, 6.45) is 0. The van der Waals surface area contributed by atoms with Crippen LogP contribution in [0.15, 0.2) is 235 Å². The average molecular weight is 791 g/mol. The third-order valence-corrected chi connectivity index (χ3v) is 12.2. The van der Waals surface area contributed by atoms with Gasteiger partial charge in [0.25, 0.3) is 0 Å². The van der Waals surface area contributed by atoms with Crippen molar-refractivity contribution in [2.24, 2.45) is 0 Å². The molecule has 0 N–H and O–H groups in total. The van der Waals surface area contributed by atoms with Crippen LogP contribution in [-0.2, 0) is 0 Å². The van der Waals surface area contributed by atoms with Crippen LogP contribution in [0, 0.1) is 0 Å². The quantitative estimate of drug-likeness (QED) is 0.151. The van der Waals surface area contributed by atoms with Gasteiger partial charge >= 0.3 is 0 Å². The Balaban J connectivity index is 0.936. The lowest BCUT2D eigenvalue weighted by molar-refractivity contribution is 0.623. The van der Waals surface area contributed by atoms with Crippen LogP contribution in [-0.4, -0.2) is 4.98 Å². The van der Waals surface area contributed by atoms with Gasteiger partial charge in [-0.05, 0) is 138 Å². The molecule has 11 aromatic carbocycles. The predicted octanol–water partition coefficient (Wildman–Crippen LogP) is 16.6. The fraction of sp³-hybridized carbons (Fsp3) is 0. The largest absolute Gasteiger partial charge is 0.435 e. The monoisotopic (exact) mass is 790 g/mol. The van der Waals surface area contributed by atoms with Crippen LogP contribution in [0.4, 0.5) is 17.1 Å². The molecule has 0 spiro atoms. The third kappa shape index (κ3) is 6.18. The Hall–Kier alpha value is -8.27. The topological polar surface area (TPSA) is 29.3 Å². The molecule has 3 heteroatoms. The number of para-hydroxylation sites is 1. The Morgan fingerprint density at radius 3 is 1.71 bits per heavy atom. The van der Waals surface area contributed by atoms with Gasteiger partial charge in [0, 0.05) is 27.9 Å². The summed E-state index contributed by atoms with van der Waals surface area (Å²) in [4.78, 5) is 7.19. The molecule has 0 radical (unpaired) electrons. The van der Waals surface area contributed by atoms with Crippen molar-refractivity contribution in [2.45, 2.75) is 0 Å². The van der Waals surface area contributed by atoms with Crippen LogP contribution < -0.4 is 4.90 Å². The van der Waals surface area contributed by atoms with Gasteiger partial charge in [0.05, 0.1) is 5.69 Å². The smallest absolute Gasteiger partial charge is 0.227 e. The van der Waals surface area contributed by atoms with E-state index in [1.165, 1.54) is 54.6 Å². The normalized spacial score (nSPS) is 11.5. The van der Waals surface area contributed by atoms with E-state index in [1.807, 2.05) is 30.3 Å². The molecule has 0 atom stereocenters. The lowest BCUT2D eigenvalue weighted by atomic mass is 9.93. The van der Waals surface area contributed by atoms with Gasteiger partial charge in [-0.2, -0.15) is 0 Å². The molecular weight excluding hydrogens is 753 g/mol. The van der Waals surface area contributed by atoms with Crippen molar-refractivity contribution in [3.63, 3.8) is 0 Å². The van der Waals surface area contributed by atoms with E-state index in [-0.39, 0.29) is 0 Å². The minimum atomic E-state index is 0.639. The molecule has 0 amide bonds. The van der Waals surface area contributed by atoms with E-state index < -0.39 is 0 Å². The first-order valence-electron chi connectivity index (χ1n) is 21.1. The molecule has 0 aliphatic carbocycles. The molecule has 62 heavy (non-hydrogen) atoms. The number of benzene rings is 11. The van der Waals surface area contributed by atoms with Crippen molar-refractivity contribution in [1.29, 1.82) is 0 Å². The number of fused-ring (bicyclic) bond motifs is 7. The van der Waals surface area contributed by atoms with Crippen LogP contribution in [0.1, 0.15) is 0 Å². The maximum Gasteiger partial charge on any atom is 0.227 e. The molecule has 0 fully saturated rings. The molecule has 3 nitrogen and oxygen atoms in total. The Labute approximate surface area is 359 Å². The zero-order chi connectivity index (χ0) is 41.0. The summed E-state index contributed by atoms with van der Waals surface area (Å²) in [5.74, 6) is 0.639. The molecule has 290 valence electrons. The van der Waals surface area contributed by atoms with Crippen molar-refractivity contribution >= 4 is 71.3 Å². The molecule has 0 unspecified atom stereocenters. The van der Waals surface area contributed by atoms with Crippen molar-refractivity contribution < 1.29 is 4.42 Å². The minimum Gasteiger partial charge on any atom is -0.435 e. The summed E-state index contributed by atoms with van der Waals surface area (Å²) in [5, 5.41) is 9.58. The first-order chi connectivity index (χ1) is 30.7. The molecular formula is C59H38N2O. The van der Waals surface area contributed by atoms with Crippen LogP contribution in [0.2, 0.25) is 0 Å². The predicted molar refractivity (Wildman–Crippen MR) is 260 cm³/mol. The molecule has 0 bridgehead atoms. The first-order valence-corrected chi connectivity index (χ1v) is 21.1. The van der Waals surface area contributed by atoms with Gasteiger partial charge < -0.3 is 9.32 Å². The van der Waals surface area contributed by atoms with Gasteiger partial charge in [-0.1, -0.05) is 158 Å². The number of hydrogen-bond acceptors (Lipinski definition) is 3. The van der Waals surface area contributed by atoms with Crippen LogP contribution in [0.5, 0.6) is 0 Å². The summed E-state index contributed by atoms with van der Waals surface area (Å²) >= 11 is 0. The Bertz CT molecular complexity index is 3630. The lowest BCUT2D eigenvalue weighted by Crippen LogP contribution is -2.11. The maximum atomic E-state index is 6.34. The van der Waals surface area contributed by atoms with Crippen LogP contribution >= 0.6 is 0 Å². The number of anilines is 3. The SMILES string of the molecule is c1ccc(-c2nc3ccc4cc(-c5ccc6cc(N(c7ccc(-c8cc9ccccc9c9ccccc89)cc7)c7ccccc7-c7ccccc7)ccc6c5)ccc4c3o2)cc1. The van der Waals surface area contributed by atoms with E-state index in [1.54, 1.807) is 0 Å². The summed E-state index contributed by atoms with van der Waals surface area (Å²) in [6.45, 7) is 0. The average Bonchev–Trinajstić information content (AvgIpc) is 3.80. The van der Waals surface area contributed by atoms with E-state index >= 15 is 0 Å². The van der Waals surface area contributed by atoms with Crippen molar-refractivity contribution in [3.05, 3.63) is 231 Å². The van der Waals surface area contributed by atoms with Crippen molar-refractivity contribution in [2.75, 3.05) is 4.90 Å². The second kappa shape index (κ2) is 14.8. The maximum absolute atomic E-state index is 6.34. The van der Waals surface area contributed by atoms with Gasteiger partial charge in [-0.25, -0.2) is 4.98 Å². The first kappa shape index (κ1) is 35.7. The van der Waals surface area contributed by atoms with E-state index in [2.05, 4.69) is 205 Å². The zero-order valence-electron chi connectivity index (χ0n) is 33.7. The number of oxazole rings is 1. The molecule has 1 aromatic heterocycles. The fourth-order valence-electron chi connectivity index (χ4n) is 9.19. The van der Waals surface area contributed by atoms with Crippen LogP contribution in [0.25, 0.3) is 99.0 Å². The van der Waals surface area contributed by atoms with Crippen molar-refractivity contribution in [1.82, 2.24) is 4.98 Å². The van der Waals surface area contributed by atoms with E-state index in [0.717, 1.165) is 55.6 Å². The van der Waals surface area contributed by atoms with Gasteiger partial charge in [0.1, 0.15) is 5.52 Å². The molecule has 12 aromatic rings. The zero-order valence-corrected chi connectivity index (χ0v) is 33.7. The number of aromatic nitrogens is 1. The molecule has 1 heterocycles. The standard InChI is InChI=1S/C59H38N2O/c1-3-13-39(14-4-1)51-19-11-12-22-57(51)61(48-30-25-40(26-31-48)55-38-46-17-7-8-18-50(46)53-20-9-10-21-54(53)55)49-32-27-43-35-42(23-24-45(43)37-49)44-28-33-52-47(36-44)29-34-56-58(52)62-59(60-56)41-15-5-2-6-16-41/h1-38H. The summed E-state index contributed by atoms with van der Waals surface area (Å²) in [5.41, 5.74) is 13.0. The van der Waals surface area contributed by atoms with E-state index in [0.29, 0.717) is 5.89 Å². The summed E-state index contributed by atoms with van der Waals surface area (Å²) in [6, 6.07) is 82.7. The Morgan fingerprint density at radius 2 is 0.887 bits per heavy atom. The highest BCUT2D eigenvalue weighted by atomic mass is 16.3. The van der Waals surface area contributed by atoms with Gasteiger partial charge in [0.15, 0.2) is 5.58 Å². The Morgan fingerprint density at radius 1 is 0.323 bits per heavy atom. The lowest BCUT2D eigenvalue weighted by Gasteiger charge is -2.28. The van der Waals surface area contributed by atoms with Gasteiger partial charge in [-0.3, -0.25) is 0 Å². The number of rotatable bonds is 7. The summed E-state index contributed by atoms with van der Waals surface area (Å²) < 4.78 is 6.34. The number of nitrogens with zero attached hydrogens (tertiary/aromatic N) is 2. The van der Waals surface area contributed by atoms with Gasteiger partial charge in [0.2, 0.25) is 5.89 Å². The second-order valence-electron chi connectivity index (χ2n) is 15.9. The van der Waals surface area contributed by atoms with Crippen LogP contribution in [0.3, 0.4) is 0 Å². The van der Waals surface area contributed by atoms with E-state index in [9.17, 15) is 0 Å². The molecule has 0 saturated heterocycles. The highest BCUT2D eigenvalue weighted by Gasteiger charge is 2.19. The third-order valence-electron chi connectivity index (χ3n) is 12.2. The molecule has 0 saturated carbocycles. The second-order valence-corrected chi connectivity index (χ2v) is 15.9. The highest BCUT2D eigenvalue weighted by Crippen LogP contribution is 2.43. The minimum absolute atomic E-state index is 0.639. The number of hydrogen-bond donors (Lipinski definition) is 0. The summed E-state index contributed by atoms with van der Waals surface area (Å²) in [7, 11) is 0.